The van der Waals surface area contributed by atoms with Gasteiger partial charge in [-0.15, -0.1) is 0 Å². The van der Waals surface area contributed by atoms with Crippen LogP contribution in [-0.4, -0.2) is 17.1 Å². The summed E-state index contributed by atoms with van der Waals surface area (Å²) in [5.41, 5.74) is 3.33. The van der Waals surface area contributed by atoms with Crippen LogP contribution in [0.1, 0.15) is 49.3 Å². The number of rotatable bonds is 2. The summed E-state index contributed by atoms with van der Waals surface area (Å²) in [4.78, 5) is 4.70. The van der Waals surface area contributed by atoms with Gasteiger partial charge in [-0.1, -0.05) is 6.07 Å². The predicted octanol–water partition coefficient (Wildman–Crippen LogP) is 2.64. The fourth-order valence-corrected chi connectivity index (χ4v) is 4.23. The minimum atomic E-state index is 0.416. The van der Waals surface area contributed by atoms with Crippen molar-refractivity contribution in [1.29, 1.82) is 0 Å². The van der Waals surface area contributed by atoms with Crippen LogP contribution < -0.4 is 5.32 Å². The molecule has 2 unspecified atom stereocenters. The highest BCUT2D eigenvalue weighted by atomic mass is 15.0. The monoisotopic (exact) mass is 228 g/mol. The van der Waals surface area contributed by atoms with Crippen LogP contribution in [0.5, 0.6) is 0 Å². The molecular weight excluding hydrogens is 208 g/mol. The van der Waals surface area contributed by atoms with E-state index in [4.69, 9.17) is 4.98 Å². The van der Waals surface area contributed by atoms with Gasteiger partial charge in [-0.3, -0.25) is 4.98 Å². The van der Waals surface area contributed by atoms with Crippen molar-refractivity contribution in [3.8, 4) is 0 Å². The van der Waals surface area contributed by atoms with Gasteiger partial charge in [0.05, 0.1) is 0 Å². The molecule has 1 aliphatic heterocycles. The van der Waals surface area contributed by atoms with Crippen LogP contribution in [-0.2, 0) is 6.42 Å². The maximum absolute atomic E-state index is 4.70. The number of pyridine rings is 1. The maximum atomic E-state index is 4.70. The van der Waals surface area contributed by atoms with Crippen LogP contribution in [0.15, 0.2) is 18.3 Å². The number of fused-ring (bicyclic) bond motifs is 1. The number of aromatic nitrogens is 1. The maximum Gasteiger partial charge on any atom is 0.0485 e. The van der Waals surface area contributed by atoms with Crippen LogP contribution in [0.4, 0.5) is 0 Å². The summed E-state index contributed by atoms with van der Waals surface area (Å²) in [6.07, 6.45) is 10.1. The Hall–Kier alpha value is -0.890. The zero-order chi connectivity index (χ0) is 11.3. The summed E-state index contributed by atoms with van der Waals surface area (Å²) in [5, 5.41) is 3.87. The van der Waals surface area contributed by atoms with Crippen molar-refractivity contribution < 1.29 is 0 Å². The van der Waals surface area contributed by atoms with Gasteiger partial charge in [0.25, 0.3) is 0 Å². The number of hydrogen-bond donors (Lipinski definition) is 1. The summed E-state index contributed by atoms with van der Waals surface area (Å²) < 4.78 is 0. The van der Waals surface area contributed by atoms with Crippen molar-refractivity contribution in [2.45, 2.75) is 50.0 Å². The van der Waals surface area contributed by atoms with Crippen molar-refractivity contribution in [3.05, 3.63) is 29.6 Å². The summed E-state index contributed by atoms with van der Waals surface area (Å²) in [6.45, 7) is 1.22. The van der Waals surface area contributed by atoms with Crippen LogP contribution >= 0.6 is 0 Å². The SMILES string of the molecule is c1cnc2c(c1)CCC2C1(C2CC2)CCCN1. The molecule has 0 aromatic carbocycles. The second kappa shape index (κ2) is 3.55. The molecule has 0 amide bonds. The molecule has 2 fully saturated rings. The average Bonchev–Trinajstić information content (AvgIpc) is 2.96. The standard InChI is InChI=1S/C15H20N2/c1-3-11-4-7-13(14(11)16-9-1)15(12-5-6-12)8-2-10-17-15/h1,3,9,12-13,17H,2,4-8,10H2. The Morgan fingerprint density at radius 3 is 3.00 bits per heavy atom. The van der Waals surface area contributed by atoms with Crippen molar-refractivity contribution >= 4 is 0 Å². The third-order valence-electron chi connectivity index (χ3n) is 5.11. The molecule has 2 heteroatoms. The van der Waals surface area contributed by atoms with Crippen molar-refractivity contribution in [2.24, 2.45) is 5.92 Å². The van der Waals surface area contributed by atoms with Gasteiger partial charge in [0.1, 0.15) is 0 Å². The quantitative estimate of drug-likeness (QED) is 0.841. The highest BCUT2D eigenvalue weighted by Crippen LogP contribution is 2.54. The van der Waals surface area contributed by atoms with Gasteiger partial charge in [-0.2, -0.15) is 0 Å². The Balaban J connectivity index is 1.75. The van der Waals surface area contributed by atoms with Gasteiger partial charge in [0.2, 0.25) is 0 Å². The van der Waals surface area contributed by atoms with E-state index in [2.05, 4.69) is 17.4 Å². The van der Waals surface area contributed by atoms with E-state index in [0.717, 1.165) is 5.92 Å². The fourth-order valence-electron chi connectivity index (χ4n) is 4.23. The first-order valence-corrected chi connectivity index (χ1v) is 7.09. The molecule has 0 bridgehead atoms. The molecule has 0 spiro atoms. The van der Waals surface area contributed by atoms with E-state index in [1.165, 1.54) is 56.3 Å². The predicted molar refractivity (Wildman–Crippen MR) is 68.0 cm³/mol. The van der Waals surface area contributed by atoms with Gasteiger partial charge >= 0.3 is 0 Å². The van der Waals surface area contributed by atoms with Gasteiger partial charge in [0, 0.05) is 23.3 Å². The number of nitrogens with zero attached hydrogens (tertiary/aromatic N) is 1. The lowest BCUT2D eigenvalue weighted by Gasteiger charge is -2.36. The summed E-state index contributed by atoms with van der Waals surface area (Å²) in [6, 6.07) is 4.37. The Morgan fingerprint density at radius 2 is 2.24 bits per heavy atom. The number of nitrogens with one attached hydrogen (secondary N) is 1. The molecule has 0 radical (unpaired) electrons. The zero-order valence-corrected chi connectivity index (χ0v) is 10.3. The first kappa shape index (κ1) is 10.1. The Morgan fingerprint density at radius 1 is 1.29 bits per heavy atom. The average molecular weight is 228 g/mol. The van der Waals surface area contributed by atoms with E-state index in [0.29, 0.717) is 11.5 Å². The largest absolute Gasteiger partial charge is 0.310 e. The Kier molecular flexibility index (Phi) is 2.10. The summed E-state index contributed by atoms with van der Waals surface area (Å²) in [7, 11) is 0. The van der Waals surface area contributed by atoms with E-state index < -0.39 is 0 Å². The van der Waals surface area contributed by atoms with Gasteiger partial charge in [-0.25, -0.2) is 0 Å². The van der Waals surface area contributed by atoms with Gasteiger partial charge < -0.3 is 5.32 Å². The number of aryl methyl sites for hydroxylation is 1. The molecule has 90 valence electrons. The molecule has 4 rings (SSSR count). The summed E-state index contributed by atoms with van der Waals surface area (Å²) in [5.74, 6) is 1.62. The molecular formula is C15H20N2. The lowest BCUT2D eigenvalue weighted by molar-refractivity contribution is 0.258. The zero-order valence-electron chi connectivity index (χ0n) is 10.3. The smallest absolute Gasteiger partial charge is 0.0485 e. The van der Waals surface area contributed by atoms with Crippen LogP contribution in [0.3, 0.4) is 0 Å². The highest BCUT2D eigenvalue weighted by molar-refractivity contribution is 5.33. The first-order chi connectivity index (χ1) is 8.40. The van der Waals surface area contributed by atoms with E-state index >= 15 is 0 Å². The number of hydrogen-bond acceptors (Lipinski definition) is 2. The topological polar surface area (TPSA) is 24.9 Å². The van der Waals surface area contributed by atoms with E-state index in [-0.39, 0.29) is 0 Å². The Labute approximate surface area is 103 Å². The van der Waals surface area contributed by atoms with E-state index in [9.17, 15) is 0 Å². The molecule has 17 heavy (non-hydrogen) atoms. The van der Waals surface area contributed by atoms with E-state index in [1.54, 1.807) is 0 Å². The molecule has 2 heterocycles. The van der Waals surface area contributed by atoms with Crippen LogP contribution in [0.25, 0.3) is 0 Å². The first-order valence-electron chi connectivity index (χ1n) is 7.09. The van der Waals surface area contributed by atoms with Crippen LogP contribution in [0, 0.1) is 5.92 Å². The molecule has 1 saturated heterocycles. The highest BCUT2D eigenvalue weighted by Gasteiger charge is 2.53. The van der Waals surface area contributed by atoms with Crippen molar-refractivity contribution in [2.75, 3.05) is 6.54 Å². The Bertz CT molecular complexity index is 430. The molecule has 2 aliphatic carbocycles. The van der Waals surface area contributed by atoms with Crippen molar-refractivity contribution in [1.82, 2.24) is 10.3 Å². The third kappa shape index (κ3) is 1.40. The molecule has 1 aromatic heterocycles. The molecule has 1 saturated carbocycles. The normalized spacial score (nSPS) is 36.1. The minimum Gasteiger partial charge on any atom is -0.310 e. The molecule has 2 atom stereocenters. The molecule has 1 N–H and O–H groups in total. The second-order valence-electron chi connectivity index (χ2n) is 5.98. The minimum absolute atomic E-state index is 0.416. The fraction of sp³-hybridized carbons (Fsp3) is 0.667. The van der Waals surface area contributed by atoms with Gasteiger partial charge in [0.15, 0.2) is 0 Å². The third-order valence-corrected chi connectivity index (χ3v) is 5.11. The molecule has 2 nitrogen and oxygen atoms in total. The van der Waals surface area contributed by atoms with E-state index in [1.807, 2.05) is 6.20 Å². The lowest BCUT2D eigenvalue weighted by atomic mass is 9.77. The lowest BCUT2D eigenvalue weighted by Crippen LogP contribution is -2.47. The van der Waals surface area contributed by atoms with Gasteiger partial charge in [-0.05, 0) is 62.6 Å². The van der Waals surface area contributed by atoms with Crippen LogP contribution in [0.2, 0.25) is 0 Å². The summed E-state index contributed by atoms with van der Waals surface area (Å²) >= 11 is 0. The second-order valence-corrected chi connectivity index (χ2v) is 5.98. The molecule has 1 aromatic rings. The molecule has 3 aliphatic rings. The van der Waals surface area contributed by atoms with Crippen molar-refractivity contribution in [3.63, 3.8) is 0 Å².